The Labute approximate surface area is 192 Å². The molecule has 0 unspecified atom stereocenters. The Hall–Kier alpha value is -3.27. The van der Waals surface area contributed by atoms with Gasteiger partial charge in [-0.15, -0.1) is 0 Å². The molecule has 0 spiro atoms. The molecule has 7 nitrogen and oxygen atoms in total. The standard InChI is InChI=1S/C24H25FN4O3S/c1-17(27-33(30,31)28(2)3)24(18-7-5-4-6-8-18)32-22-13-14-23-19(15-22)16-26-29(23)21-11-9-20(25)10-12-21/h4-17,24,27H,1-3H3/t17-,24-/m0/s1. The molecule has 1 heterocycles. The van der Waals surface area contributed by atoms with E-state index in [2.05, 4.69) is 9.82 Å². The number of ether oxygens (including phenoxy) is 1. The van der Waals surface area contributed by atoms with Gasteiger partial charge in [-0.25, -0.2) is 9.07 Å². The number of nitrogens with zero attached hydrogens (tertiary/aromatic N) is 3. The van der Waals surface area contributed by atoms with Crippen LogP contribution in [0.3, 0.4) is 0 Å². The van der Waals surface area contributed by atoms with Crippen LogP contribution in [0, 0.1) is 5.82 Å². The molecule has 0 bridgehead atoms. The summed E-state index contributed by atoms with van der Waals surface area (Å²) in [5.74, 6) is 0.266. The predicted octanol–water partition coefficient (Wildman–Crippen LogP) is 4.07. The van der Waals surface area contributed by atoms with E-state index < -0.39 is 22.4 Å². The van der Waals surface area contributed by atoms with Crippen LogP contribution in [0.2, 0.25) is 0 Å². The van der Waals surface area contributed by atoms with E-state index in [1.165, 1.54) is 26.2 Å². The van der Waals surface area contributed by atoms with E-state index in [1.807, 2.05) is 48.5 Å². The molecule has 9 heteroatoms. The highest BCUT2D eigenvalue weighted by molar-refractivity contribution is 7.87. The summed E-state index contributed by atoms with van der Waals surface area (Å²) in [7, 11) is -0.700. The SMILES string of the molecule is C[C@H](NS(=O)(=O)N(C)C)[C@H](Oc1ccc2c(cnn2-c2ccc(F)cc2)c1)c1ccccc1. The number of aromatic nitrogens is 2. The maximum atomic E-state index is 13.3. The quantitative estimate of drug-likeness (QED) is 0.423. The van der Waals surface area contributed by atoms with Gasteiger partial charge in [-0.1, -0.05) is 30.3 Å². The van der Waals surface area contributed by atoms with E-state index >= 15 is 0 Å². The number of nitrogens with one attached hydrogen (secondary N) is 1. The average Bonchev–Trinajstić information content (AvgIpc) is 3.21. The van der Waals surface area contributed by atoms with Crippen molar-refractivity contribution in [1.29, 1.82) is 0 Å². The summed E-state index contributed by atoms with van der Waals surface area (Å²) in [4.78, 5) is 0. The second-order valence-corrected chi connectivity index (χ2v) is 9.81. The number of hydrogen-bond acceptors (Lipinski definition) is 4. The molecule has 1 N–H and O–H groups in total. The molecule has 4 aromatic rings. The van der Waals surface area contributed by atoms with Gasteiger partial charge in [0.2, 0.25) is 0 Å². The second-order valence-electron chi connectivity index (χ2n) is 7.90. The first-order valence-corrected chi connectivity index (χ1v) is 11.8. The molecule has 0 fully saturated rings. The van der Waals surface area contributed by atoms with Crippen LogP contribution in [0.15, 0.2) is 79.0 Å². The molecule has 3 aromatic carbocycles. The van der Waals surface area contributed by atoms with Gasteiger partial charge in [-0.3, -0.25) is 0 Å². The van der Waals surface area contributed by atoms with Gasteiger partial charge < -0.3 is 4.74 Å². The van der Waals surface area contributed by atoms with Crippen LogP contribution in [0.25, 0.3) is 16.6 Å². The Bertz CT molecular complexity index is 1340. The number of benzene rings is 3. The first kappa shape index (κ1) is 22.9. The molecular formula is C24H25FN4O3S. The van der Waals surface area contributed by atoms with Crippen molar-refractivity contribution in [3.05, 3.63) is 90.4 Å². The van der Waals surface area contributed by atoms with Gasteiger partial charge in [-0.05, 0) is 55.0 Å². The van der Waals surface area contributed by atoms with Gasteiger partial charge in [0.15, 0.2) is 0 Å². The minimum Gasteiger partial charge on any atom is -0.484 e. The fraction of sp³-hybridized carbons (Fsp3) is 0.208. The number of fused-ring (bicyclic) bond motifs is 1. The predicted molar refractivity (Wildman–Crippen MR) is 126 cm³/mol. The minimum absolute atomic E-state index is 0.308. The summed E-state index contributed by atoms with van der Waals surface area (Å²) in [6.45, 7) is 1.77. The zero-order chi connectivity index (χ0) is 23.6. The molecule has 0 aliphatic rings. The number of hydrogen-bond donors (Lipinski definition) is 1. The Morgan fingerprint density at radius 2 is 1.73 bits per heavy atom. The highest BCUT2D eigenvalue weighted by atomic mass is 32.2. The van der Waals surface area contributed by atoms with Crippen LogP contribution in [-0.2, 0) is 10.2 Å². The molecule has 0 radical (unpaired) electrons. The van der Waals surface area contributed by atoms with E-state index in [4.69, 9.17) is 4.74 Å². The van der Waals surface area contributed by atoms with Gasteiger partial charge in [0.1, 0.15) is 17.7 Å². The van der Waals surface area contributed by atoms with E-state index in [1.54, 1.807) is 29.9 Å². The molecule has 0 aliphatic heterocycles. The lowest BCUT2D eigenvalue weighted by Crippen LogP contribution is -2.44. The van der Waals surface area contributed by atoms with Crippen molar-refractivity contribution in [2.45, 2.75) is 19.1 Å². The molecule has 4 rings (SSSR count). The van der Waals surface area contributed by atoms with Crippen molar-refractivity contribution in [3.63, 3.8) is 0 Å². The number of halogens is 1. The largest absolute Gasteiger partial charge is 0.484 e. The highest BCUT2D eigenvalue weighted by Crippen LogP contribution is 2.29. The lowest BCUT2D eigenvalue weighted by atomic mass is 10.0. The average molecular weight is 469 g/mol. The monoisotopic (exact) mass is 468 g/mol. The Morgan fingerprint density at radius 1 is 1.03 bits per heavy atom. The van der Waals surface area contributed by atoms with Crippen LogP contribution in [0.5, 0.6) is 5.75 Å². The third kappa shape index (κ3) is 5.05. The fourth-order valence-electron chi connectivity index (χ4n) is 3.52. The Kier molecular flexibility index (Phi) is 6.46. The Morgan fingerprint density at radius 3 is 2.39 bits per heavy atom. The summed E-state index contributed by atoms with van der Waals surface area (Å²) in [6.07, 6.45) is 1.15. The molecule has 1 aromatic heterocycles. The maximum Gasteiger partial charge on any atom is 0.279 e. The summed E-state index contributed by atoms with van der Waals surface area (Å²) in [5, 5.41) is 5.26. The van der Waals surface area contributed by atoms with Crippen molar-refractivity contribution < 1.29 is 17.5 Å². The molecule has 2 atom stereocenters. The smallest absolute Gasteiger partial charge is 0.279 e. The maximum absolute atomic E-state index is 13.3. The van der Waals surface area contributed by atoms with E-state index in [0.29, 0.717) is 5.75 Å². The van der Waals surface area contributed by atoms with Crippen molar-refractivity contribution in [1.82, 2.24) is 18.8 Å². The van der Waals surface area contributed by atoms with Gasteiger partial charge in [0, 0.05) is 19.5 Å². The van der Waals surface area contributed by atoms with Crippen LogP contribution < -0.4 is 9.46 Å². The van der Waals surface area contributed by atoms with Crippen LogP contribution in [-0.4, -0.2) is 42.6 Å². The third-order valence-corrected chi connectivity index (χ3v) is 6.90. The molecule has 0 amide bonds. The van der Waals surface area contributed by atoms with Gasteiger partial charge in [0.05, 0.1) is 23.4 Å². The van der Waals surface area contributed by atoms with E-state index in [-0.39, 0.29) is 5.82 Å². The third-order valence-electron chi connectivity index (χ3n) is 5.27. The molecule has 33 heavy (non-hydrogen) atoms. The molecule has 0 saturated heterocycles. The number of rotatable bonds is 8. The lowest BCUT2D eigenvalue weighted by molar-refractivity contribution is 0.172. The van der Waals surface area contributed by atoms with Crippen LogP contribution in [0.4, 0.5) is 4.39 Å². The lowest BCUT2D eigenvalue weighted by Gasteiger charge is -2.27. The zero-order valence-corrected chi connectivity index (χ0v) is 19.3. The van der Waals surface area contributed by atoms with E-state index in [0.717, 1.165) is 26.5 Å². The van der Waals surface area contributed by atoms with Gasteiger partial charge >= 0.3 is 0 Å². The Balaban J connectivity index is 1.64. The molecule has 172 valence electrons. The van der Waals surface area contributed by atoms with Crippen LogP contribution >= 0.6 is 0 Å². The summed E-state index contributed by atoms with van der Waals surface area (Å²) < 4.78 is 49.9. The summed E-state index contributed by atoms with van der Waals surface area (Å²) >= 11 is 0. The summed E-state index contributed by atoms with van der Waals surface area (Å²) in [5.41, 5.74) is 2.43. The minimum atomic E-state index is -3.64. The first-order valence-electron chi connectivity index (χ1n) is 10.4. The van der Waals surface area contributed by atoms with Crippen molar-refractivity contribution in [2.24, 2.45) is 0 Å². The van der Waals surface area contributed by atoms with Crippen molar-refractivity contribution >= 4 is 21.1 Å². The molecular weight excluding hydrogens is 443 g/mol. The van der Waals surface area contributed by atoms with E-state index in [9.17, 15) is 12.8 Å². The summed E-state index contributed by atoms with van der Waals surface area (Å²) in [6, 6.07) is 20.6. The molecule has 0 saturated carbocycles. The van der Waals surface area contributed by atoms with Crippen LogP contribution in [0.1, 0.15) is 18.6 Å². The van der Waals surface area contributed by atoms with Gasteiger partial charge in [-0.2, -0.15) is 22.5 Å². The van der Waals surface area contributed by atoms with Crippen molar-refractivity contribution in [3.8, 4) is 11.4 Å². The second kappa shape index (κ2) is 9.30. The first-order chi connectivity index (χ1) is 15.7. The normalized spacial score (nSPS) is 13.8. The highest BCUT2D eigenvalue weighted by Gasteiger charge is 2.27. The molecule has 0 aliphatic carbocycles. The van der Waals surface area contributed by atoms with Gasteiger partial charge in [0.25, 0.3) is 10.2 Å². The fourth-order valence-corrected chi connectivity index (χ4v) is 4.33. The topological polar surface area (TPSA) is 76.5 Å². The zero-order valence-electron chi connectivity index (χ0n) is 18.5. The van der Waals surface area contributed by atoms with Crippen molar-refractivity contribution in [2.75, 3.05) is 14.1 Å².